The summed E-state index contributed by atoms with van der Waals surface area (Å²) in [5.41, 5.74) is 0.691. The maximum atomic E-state index is 13.2. The number of halogens is 1. The van der Waals surface area contributed by atoms with E-state index in [2.05, 4.69) is 5.32 Å². The van der Waals surface area contributed by atoms with Gasteiger partial charge in [0.25, 0.3) is 0 Å². The number of amides is 1. The SMILES string of the molecule is CNCC(=O)N1CCSc2ccc(F)cc21. The standard InChI is InChI=1S/C11H13FN2OS/c1-13-7-11(15)14-4-5-16-10-3-2-8(12)6-9(10)14/h2-3,6,13H,4-5,7H2,1H3. The van der Waals surface area contributed by atoms with E-state index in [4.69, 9.17) is 0 Å². The minimum absolute atomic E-state index is 0.0188. The second kappa shape index (κ2) is 4.84. The molecule has 1 heterocycles. The Morgan fingerprint density at radius 2 is 2.44 bits per heavy atom. The average molecular weight is 240 g/mol. The number of carbonyl (C=O) groups is 1. The molecule has 86 valence electrons. The van der Waals surface area contributed by atoms with Crippen molar-refractivity contribution < 1.29 is 9.18 Å². The number of carbonyl (C=O) groups excluding carboxylic acids is 1. The zero-order valence-electron chi connectivity index (χ0n) is 9.00. The summed E-state index contributed by atoms with van der Waals surface area (Å²) in [7, 11) is 1.73. The van der Waals surface area contributed by atoms with Gasteiger partial charge in [-0.25, -0.2) is 4.39 Å². The Labute approximate surface area is 98.0 Å². The van der Waals surface area contributed by atoms with Gasteiger partial charge in [-0.05, 0) is 25.2 Å². The van der Waals surface area contributed by atoms with Gasteiger partial charge in [0.15, 0.2) is 0 Å². The number of thioether (sulfide) groups is 1. The summed E-state index contributed by atoms with van der Waals surface area (Å²) in [6, 6.07) is 4.58. The average Bonchev–Trinajstić information content (AvgIpc) is 2.28. The lowest BCUT2D eigenvalue weighted by atomic mass is 10.2. The van der Waals surface area contributed by atoms with Crippen LogP contribution in [0.4, 0.5) is 10.1 Å². The van der Waals surface area contributed by atoms with Crippen molar-refractivity contribution >= 4 is 23.4 Å². The third-order valence-corrected chi connectivity index (χ3v) is 3.46. The molecule has 2 rings (SSSR count). The Bertz CT molecular complexity index is 411. The van der Waals surface area contributed by atoms with Gasteiger partial charge in [0.05, 0.1) is 12.2 Å². The van der Waals surface area contributed by atoms with Gasteiger partial charge in [-0.15, -0.1) is 11.8 Å². The molecule has 0 aromatic heterocycles. The molecule has 0 unspecified atom stereocenters. The van der Waals surface area contributed by atoms with Crippen LogP contribution in [0.25, 0.3) is 0 Å². The van der Waals surface area contributed by atoms with Crippen molar-refractivity contribution in [2.24, 2.45) is 0 Å². The van der Waals surface area contributed by atoms with Crippen molar-refractivity contribution in [2.75, 3.05) is 30.8 Å². The molecule has 0 fully saturated rings. The molecule has 16 heavy (non-hydrogen) atoms. The third-order valence-electron chi connectivity index (χ3n) is 2.41. The lowest BCUT2D eigenvalue weighted by molar-refractivity contribution is -0.117. The maximum Gasteiger partial charge on any atom is 0.240 e. The van der Waals surface area contributed by atoms with Gasteiger partial charge in [0.1, 0.15) is 5.82 Å². The molecule has 1 aromatic carbocycles. The minimum atomic E-state index is -0.302. The Morgan fingerprint density at radius 3 is 3.19 bits per heavy atom. The first-order valence-corrected chi connectivity index (χ1v) is 6.08. The Balaban J connectivity index is 2.31. The number of nitrogens with zero attached hydrogens (tertiary/aromatic N) is 1. The molecule has 1 amide bonds. The normalized spacial score (nSPS) is 14.8. The van der Waals surface area contributed by atoms with Crippen LogP contribution in [0.3, 0.4) is 0 Å². The fraction of sp³-hybridized carbons (Fsp3) is 0.364. The summed E-state index contributed by atoms with van der Waals surface area (Å²) < 4.78 is 13.2. The number of fused-ring (bicyclic) bond motifs is 1. The molecular weight excluding hydrogens is 227 g/mol. The van der Waals surface area contributed by atoms with E-state index in [1.807, 2.05) is 0 Å². The molecule has 0 saturated heterocycles. The number of benzene rings is 1. The first kappa shape index (κ1) is 11.4. The Morgan fingerprint density at radius 1 is 1.62 bits per heavy atom. The first-order valence-electron chi connectivity index (χ1n) is 5.09. The van der Waals surface area contributed by atoms with Gasteiger partial charge in [-0.3, -0.25) is 4.79 Å². The predicted octanol–water partition coefficient (Wildman–Crippen LogP) is 1.48. The molecule has 1 aliphatic heterocycles. The van der Waals surface area contributed by atoms with Gasteiger partial charge in [-0.1, -0.05) is 0 Å². The number of nitrogens with one attached hydrogen (secondary N) is 1. The fourth-order valence-corrected chi connectivity index (χ4v) is 2.67. The van der Waals surface area contributed by atoms with Crippen LogP contribution in [0.5, 0.6) is 0 Å². The molecule has 1 N–H and O–H groups in total. The number of rotatable bonds is 2. The van der Waals surface area contributed by atoms with E-state index >= 15 is 0 Å². The smallest absolute Gasteiger partial charge is 0.240 e. The van der Waals surface area contributed by atoms with Crippen molar-refractivity contribution in [3.63, 3.8) is 0 Å². The highest BCUT2D eigenvalue weighted by Gasteiger charge is 2.22. The number of hydrogen-bond donors (Lipinski definition) is 1. The van der Waals surface area contributed by atoms with Crippen LogP contribution in [0, 0.1) is 5.82 Å². The quantitative estimate of drug-likeness (QED) is 0.850. The number of anilines is 1. The minimum Gasteiger partial charge on any atom is -0.311 e. The Kier molecular flexibility index (Phi) is 3.46. The molecular formula is C11H13FN2OS. The molecule has 3 nitrogen and oxygen atoms in total. The van der Waals surface area contributed by atoms with Crippen molar-refractivity contribution in [3.8, 4) is 0 Å². The van der Waals surface area contributed by atoms with E-state index in [0.717, 1.165) is 10.6 Å². The summed E-state index contributed by atoms with van der Waals surface area (Å²) >= 11 is 1.66. The summed E-state index contributed by atoms with van der Waals surface area (Å²) in [6.45, 7) is 0.919. The Hall–Kier alpha value is -1.07. The van der Waals surface area contributed by atoms with E-state index in [1.54, 1.807) is 29.8 Å². The summed E-state index contributed by atoms with van der Waals surface area (Å²) in [4.78, 5) is 14.4. The van der Waals surface area contributed by atoms with Crippen LogP contribution in [-0.2, 0) is 4.79 Å². The lowest BCUT2D eigenvalue weighted by Crippen LogP contribution is -2.40. The summed E-state index contributed by atoms with van der Waals surface area (Å²) in [6.07, 6.45) is 0. The topological polar surface area (TPSA) is 32.3 Å². The number of likely N-dealkylation sites (N-methyl/N-ethyl adjacent to an activating group) is 1. The van der Waals surface area contributed by atoms with Crippen LogP contribution in [0.1, 0.15) is 0 Å². The summed E-state index contributed by atoms with van der Waals surface area (Å²) in [5, 5.41) is 2.82. The van der Waals surface area contributed by atoms with Crippen molar-refractivity contribution in [1.82, 2.24) is 5.32 Å². The van der Waals surface area contributed by atoms with Gasteiger partial charge >= 0.3 is 0 Å². The van der Waals surface area contributed by atoms with Crippen molar-refractivity contribution in [3.05, 3.63) is 24.0 Å². The molecule has 0 bridgehead atoms. The largest absolute Gasteiger partial charge is 0.311 e. The molecule has 0 spiro atoms. The second-order valence-electron chi connectivity index (χ2n) is 3.54. The van der Waals surface area contributed by atoms with Gasteiger partial charge in [0, 0.05) is 17.2 Å². The molecule has 1 aromatic rings. The first-order chi connectivity index (χ1) is 7.72. The monoisotopic (exact) mass is 240 g/mol. The predicted molar refractivity (Wildman–Crippen MR) is 63.4 cm³/mol. The van der Waals surface area contributed by atoms with Gasteiger partial charge in [0.2, 0.25) is 5.91 Å². The van der Waals surface area contributed by atoms with Crippen LogP contribution in [-0.4, -0.2) is 31.8 Å². The van der Waals surface area contributed by atoms with Crippen LogP contribution in [0.15, 0.2) is 23.1 Å². The molecule has 0 aliphatic carbocycles. The van der Waals surface area contributed by atoms with E-state index in [9.17, 15) is 9.18 Å². The van der Waals surface area contributed by atoms with Crippen molar-refractivity contribution in [1.29, 1.82) is 0 Å². The molecule has 5 heteroatoms. The number of hydrogen-bond acceptors (Lipinski definition) is 3. The highest BCUT2D eigenvalue weighted by atomic mass is 32.2. The lowest BCUT2D eigenvalue weighted by Gasteiger charge is -2.29. The fourth-order valence-electron chi connectivity index (χ4n) is 1.70. The zero-order valence-corrected chi connectivity index (χ0v) is 9.81. The van der Waals surface area contributed by atoms with Crippen LogP contribution >= 0.6 is 11.8 Å². The molecule has 0 saturated carbocycles. The molecule has 0 atom stereocenters. The molecule has 1 aliphatic rings. The zero-order chi connectivity index (χ0) is 11.5. The van der Waals surface area contributed by atoms with E-state index < -0.39 is 0 Å². The van der Waals surface area contributed by atoms with Gasteiger partial charge in [-0.2, -0.15) is 0 Å². The highest BCUT2D eigenvalue weighted by Crippen LogP contribution is 2.34. The van der Waals surface area contributed by atoms with Gasteiger partial charge < -0.3 is 10.2 Å². The highest BCUT2D eigenvalue weighted by molar-refractivity contribution is 7.99. The van der Waals surface area contributed by atoms with Crippen LogP contribution < -0.4 is 10.2 Å². The van der Waals surface area contributed by atoms with E-state index in [-0.39, 0.29) is 18.3 Å². The molecule has 0 radical (unpaired) electrons. The maximum absolute atomic E-state index is 13.2. The third kappa shape index (κ3) is 2.20. The van der Waals surface area contributed by atoms with Crippen molar-refractivity contribution in [2.45, 2.75) is 4.90 Å². The van der Waals surface area contributed by atoms with Crippen LogP contribution in [0.2, 0.25) is 0 Å². The summed E-state index contributed by atoms with van der Waals surface area (Å²) in [5.74, 6) is 0.534. The van der Waals surface area contributed by atoms with E-state index in [0.29, 0.717) is 12.2 Å². The van der Waals surface area contributed by atoms with E-state index in [1.165, 1.54) is 12.1 Å². The second-order valence-corrected chi connectivity index (χ2v) is 4.67.